The van der Waals surface area contributed by atoms with Gasteiger partial charge in [-0.1, -0.05) is 32.3 Å². The average molecular weight is 377 g/mol. The number of hydrogen-bond donors (Lipinski definition) is 3. The number of carbonyl (C=O) groups is 2. The van der Waals surface area contributed by atoms with Gasteiger partial charge in [0.2, 0.25) is 0 Å². The second-order valence-electron chi connectivity index (χ2n) is 9.37. The van der Waals surface area contributed by atoms with Crippen molar-refractivity contribution in [2.45, 2.75) is 58.1 Å². The number of aliphatic hydroxyl groups excluding tert-OH is 2. The predicted molar refractivity (Wildman–Crippen MR) is 99.6 cm³/mol. The zero-order chi connectivity index (χ0) is 22.3. The molecule has 8 atom stereocenters. The molecule has 0 aromatic rings. The van der Waals surface area contributed by atoms with Gasteiger partial charge in [0.15, 0.2) is 11.6 Å². The summed E-state index contributed by atoms with van der Waals surface area (Å²) in [6.45, 7) is 0.605. The summed E-state index contributed by atoms with van der Waals surface area (Å²) in [5.41, 5.74) is -2.90. The van der Waals surface area contributed by atoms with Gasteiger partial charge in [0.1, 0.15) is 12.2 Å². The van der Waals surface area contributed by atoms with Crippen LogP contribution in [0.2, 0.25) is 0 Å². The average Bonchev–Trinajstić information content (AvgIpc) is 2.91. The molecule has 5 nitrogen and oxygen atoms in total. The molecule has 0 aliphatic heterocycles. The van der Waals surface area contributed by atoms with Gasteiger partial charge in [0.05, 0.1) is 6.10 Å². The van der Waals surface area contributed by atoms with E-state index in [9.17, 15) is 24.9 Å². The van der Waals surface area contributed by atoms with Crippen molar-refractivity contribution in [1.29, 1.82) is 0 Å². The summed E-state index contributed by atoms with van der Waals surface area (Å²) in [4.78, 5) is 24.6. The van der Waals surface area contributed by atoms with Crippen LogP contribution in [0.4, 0.5) is 0 Å². The number of aliphatic hydroxyl groups is 3. The first-order chi connectivity index (χ1) is 13.8. The third-order valence-electron chi connectivity index (χ3n) is 8.30. The number of carbonyl (C=O) groups excluding carboxylic acids is 2. The zero-order valence-corrected chi connectivity index (χ0v) is 15.8. The van der Waals surface area contributed by atoms with Crippen LogP contribution in [0.25, 0.3) is 0 Å². The quantitative estimate of drug-likeness (QED) is 0.682. The minimum Gasteiger partial charge on any atom is -0.393 e. The van der Waals surface area contributed by atoms with Gasteiger partial charge in [-0.2, -0.15) is 0 Å². The lowest BCUT2D eigenvalue weighted by Crippen LogP contribution is -2.62. The molecule has 0 aromatic heterocycles. The Morgan fingerprint density at radius 2 is 2.15 bits per heavy atom. The Bertz CT molecular complexity index is 848. The first-order valence-electron chi connectivity index (χ1n) is 11.3. The van der Waals surface area contributed by atoms with Crippen LogP contribution in [0.3, 0.4) is 0 Å². The second kappa shape index (κ2) is 5.85. The molecule has 0 saturated heterocycles. The lowest BCUT2D eigenvalue weighted by molar-refractivity contribution is -0.180. The number of ketones is 2. The van der Waals surface area contributed by atoms with Gasteiger partial charge in [0, 0.05) is 20.9 Å². The van der Waals surface area contributed by atoms with E-state index in [0.717, 1.165) is 0 Å². The van der Waals surface area contributed by atoms with E-state index < -0.39 is 47.7 Å². The van der Waals surface area contributed by atoms with E-state index in [-0.39, 0.29) is 42.8 Å². The molecule has 3 N–H and O–H groups in total. The van der Waals surface area contributed by atoms with E-state index >= 15 is 0 Å². The van der Waals surface area contributed by atoms with Gasteiger partial charge in [-0.15, -0.1) is 0 Å². The summed E-state index contributed by atoms with van der Waals surface area (Å²) in [5, 5.41) is 32.0. The van der Waals surface area contributed by atoms with Crippen LogP contribution in [0.15, 0.2) is 23.8 Å². The summed E-state index contributed by atoms with van der Waals surface area (Å²) in [7, 11) is 0. The fourth-order valence-corrected chi connectivity index (χ4v) is 7.01. The largest absolute Gasteiger partial charge is 0.393 e. The van der Waals surface area contributed by atoms with Crippen LogP contribution in [-0.2, 0) is 9.59 Å². The minimum absolute atomic E-state index is 0.166. The molecule has 3 fully saturated rings. The van der Waals surface area contributed by atoms with Crippen LogP contribution in [0.1, 0.15) is 50.5 Å². The highest BCUT2D eigenvalue weighted by Crippen LogP contribution is 2.67. The Kier molecular flexibility index (Phi) is 3.38. The van der Waals surface area contributed by atoms with Crippen molar-refractivity contribution in [2.75, 3.05) is 6.61 Å². The molecule has 5 heteroatoms. The van der Waals surface area contributed by atoms with E-state index in [1.807, 2.05) is 6.92 Å². The third kappa shape index (κ3) is 2.28. The van der Waals surface area contributed by atoms with Crippen LogP contribution < -0.4 is 0 Å². The Morgan fingerprint density at radius 1 is 1.41 bits per heavy atom. The fourth-order valence-electron chi connectivity index (χ4n) is 7.01. The molecule has 0 heterocycles. The van der Waals surface area contributed by atoms with Gasteiger partial charge in [-0.25, -0.2) is 0 Å². The van der Waals surface area contributed by atoms with Crippen LogP contribution in [-0.4, -0.2) is 45.2 Å². The van der Waals surface area contributed by atoms with Gasteiger partial charge < -0.3 is 15.3 Å². The molecule has 4 rings (SSSR count). The van der Waals surface area contributed by atoms with Crippen LogP contribution >= 0.6 is 0 Å². The normalized spacial score (nSPS) is 53.4. The van der Waals surface area contributed by atoms with E-state index in [1.165, 1.54) is 12.2 Å². The lowest BCUT2D eigenvalue weighted by atomic mass is 9.45. The number of rotatable bonds is 2. The van der Waals surface area contributed by atoms with Gasteiger partial charge in [-0.3, -0.25) is 9.59 Å². The molecular weight excluding hydrogens is 344 g/mol. The first-order valence-corrected chi connectivity index (χ1v) is 9.79. The van der Waals surface area contributed by atoms with Crippen LogP contribution in [0.5, 0.6) is 0 Å². The van der Waals surface area contributed by atoms with Gasteiger partial charge in [-0.05, 0) is 55.6 Å². The predicted octanol–water partition coefficient (Wildman–Crippen LogP) is 1.80. The van der Waals surface area contributed by atoms with Crippen molar-refractivity contribution in [2.24, 2.45) is 34.5 Å². The first kappa shape index (κ1) is 15.6. The Morgan fingerprint density at radius 3 is 2.81 bits per heavy atom. The lowest BCUT2D eigenvalue weighted by Gasteiger charge is -2.60. The molecule has 0 unspecified atom stereocenters. The highest BCUT2D eigenvalue weighted by Gasteiger charge is 2.68. The monoisotopic (exact) mass is 377 g/mol. The summed E-state index contributed by atoms with van der Waals surface area (Å²) in [5.74, 6) is -2.42. The van der Waals surface area contributed by atoms with E-state index in [2.05, 4.69) is 0 Å². The van der Waals surface area contributed by atoms with Crippen molar-refractivity contribution in [3.63, 3.8) is 0 Å². The molecule has 0 spiro atoms. The summed E-state index contributed by atoms with van der Waals surface area (Å²) in [6, 6.07) is 0. The van der Waals surface area contributed by atoms with Crippen LogP contribution in [0, 0.1) is 34.5 Å². The SMILES string of the molecule is [2H]C([2H])([2H])[C@@H]1C[C@@H]2[C@H]([C@@H](O)C[C@@]3(C)[C@H]2CC[C@]3(O)C(=O)CO)[C@@]2(C)C=CC(=O)C=C12. The van der Waals surface area contributed by atoms with E-state index in [4.69, 9.17) is 4.11 Å². The maximum atomic E-state index is 12.5. The van der Waals surface area contributed by atoms with Crippen molar-refractivity contribution < 1.29 is 29.0 Å². The minimum atomic E-state index is -2.31. The maximum Gasteiger partial charge on any atom is 0.190 e. The Labute approximate surface area is 164 Å². The summed E-state index contributed by atoms with van der Waals surface area (Å²) < 4.78 is 24.4. The maximum absolute atomic E-state index is 12.5. The highest BCUT2D eigenvalue weighted by atomic mass is 16.3. The Hall–Kier alpha value is -1.30. The molecule has 148 valence electrons. The number of fused-ring (bicyclic) bond motifs is 5. The smallest absolute Gasteiger partial charge is 0.190 e. The van der Waals surface area contributed by atoms with Gasteiger partial charge >= 0.3 is 0 Å². The molecule has 0 radical (unpaired) electrons. The standard InChI is InChI=1S/C22H30O5/c1-12-8-14-15-5-7-22(27,18(26)11-23)21(15,3)10-17(25)19(14)20(2)6-4-13(24)9-16(12)20/h4,6,9,12,14-15,17,19,23,25,27H,5,7-8,10-11H2,1-3H3/t12-,14+,15+,17+,19-,20+,21+,22+/m1/s1/i1D3. The number of allylic oxidation sites excluding steroid dienone is 4. The molecule has 3 saturated carbocycles. The zero-order valence-electron chi connectivity index (χ0n) is 18.8. The molecular formula is C22H30O5. The molecule has 4 aliphatic carbocycles. The molecule has 4 aliphatic rings. The van der Waals surface area contributed by atoms with Crippen molar-refractivity contribution in [1.82, 2.24) is 0 Å². The molecule has 0 aromatic carbocycles. The second-order valence-corrected chi connectivity index (χ2v) is 9.37. The van der Waals surface area contributed by atoms with E-state index in [1.54, 1.807) is 13.0 Å². The number of Topliss-reactive ketones (excluding diaryl/α,β-unsaturated/α-hetero) is 1. The summed E-state index contributed by atoms with van der Waals surface area (Å²) in [6.07, 6.45) is 4.91. The van der Waals surface area contributed by atoms with Crippen molar-refractivity contribution in [3.8, 4) is 0 Å². The van der Waals surface area contributed by atoms with Crippen molar-refractivity contribution >= 4 is 11.6 Å². The van der Waals surface area contributed by atoms with Gasteiger partial charge in [0.25, 0.3) is 0 Å². The highest BCUT2D eigenvalue weighted by molar-refractivity contribution is 6.01. The molecule has 0 amide bonds. The molecule has 0 bridgehead atoms. The topological polar surface area (TPSA) is 94.8 Å². The summed E-state index contributed by atoms with van der Waals surface area (Å²) >= 11 is 0. The van der Waals surface area contributed by atoms with Crippen molar-refractivity contribution in [3.05, 3.63) is 23.8 Å². The fraction of sp³-hybridized carbons (Fsp3) is 0.727. The molecule has 27 heavy (non-hydrogen) atoms. The Balaban J connectivity index is 1.83. The number of hydrogen-bond acceptors (Lipinski definition) is 5. The van der Waals surface area contributed by atoms with E-state index in [0.29, 0.717) is 12.0 Å². The third-order valence-corrected chi connectivity index (χ3v) is 8.30.